The Bertz CT molecular complexity index is 357. The molecule has 1 rings (SSSR count). The highest BCUT2D eigenvalue weighted by Gasteiger charge is 2.17. The number of hydrogen-bond donors (Lipinski definition) is 1. The van der Waals surface area contributed by atoms with Gasteiger partial charge in [-0.2, -0.15) is 0 Å². The van der Waals surface area contributed by atoms with Crippen LogP contribution in [-0.2, 0) is 4.79 Å². The quantitative estimate of drug-likeness (QED) is 0.851. The van der Waals surface area contributed by atoms with E-state index in [9.17, 15) is 4.79 Å². The highest BCUT2D eigenvalue weighted by Crippen LogP contribution is 2.30. The van der Waals surface area contributed by atoms with Gasteiger partial charge < -0.3 is 5.11 Å². The number of carboxylic acids is 1. The van der Waals surface area contributed by atoms with E-state index in [0.717, 1.165) is 5.56 Å². The number of aliphatic carboxylic acids is 1. The molecule has 3 heteroatoms. The van der Waals surface area contributed by atoms with Crippen LogP contribution in [0.3, 0.4) is 0 Å². The van der Waals surface area contributed by atoms with Gasteiger partial charge in [-0.25, -0.2) is 0 Å². The van der Waals surface area contributed by atoms with Crippen molar-refractivity contribution in [3.63, 3.8) is 0 Å². The zero-order valence-corrected chi connectivity index (χ0v) is 9.24. The summed E-state index contributed by atoms with van der Waals surface area (Å²) >= 11 is 6.01. The van der Waals surface area contributed by atoms with E-state index in [0.29, 0.717) is 5.03 Å². The minimum absolute atomic E-state index is 0.0210. The van der Waals surface area contributed by atoms with Crippen LogP contribution in [0.2, 0.25) is 0 Å². The molecule has 0 aromatic heterocycles. The molecule has 0 amide bonds. The number of hydrogen-bond acceptors (Lipinski definition) is 1. The molecule has 0 aliphatic rings. The lowest BCUT2D eigenvalue weighted by molar-refractivity contribution is -0.137. The molecule has 0 heterocycles. The largest absolute Gasteiger partial charge is 0.481 e. The third-order valence-corrected chi connectivity index (χ3v) is 2.67. The van der Waals surface area contributed by atoms with Crippen LogP contribution in [0.5, 0.6) is 0 Å². The number of allylic oxidation sites excluding steroid dienone is 2. The van der Waals surface area contributed by atoms with E-state index >= 15 is 0 Å². The van der Waals surface area contributed by atoms with Gasteiger partial charge in [0.15, 0.2) is 0 Å². The van der Waals surface area contributed by atoms with Crippen molar-refractivity contribution >= 4 is 17.6 Å². The first kappa shape index (κ1) is 11.8. The molecule has 80 valence electrons. The lowest BCUT2D eigenvalue weighted by atomic mass is 9.95. The minimum Gasteiger partial charge on any atom is -0.481 e. The summed E-state index contributed by atoms with van der Waals surface area (Å²) < 4.78 is 0. The van der Waals surface area contributed by atoms with E-state index in [1.807, 2.05) is 30.3 Å². The molecule has 15 heavy (non-hydrogen) atoms. The molecule has 0 fully saturated rings. The number of benzene rings is 1. The number of halogens is 1. The van der Waals surface area contributed by atoms with Crippen LogP contribution in [0.1, 0.15) is 24.8 Å². The fraction of sp³-hybridized carbons (Fsp3) is 0.250. The zero-order valence-electron chi connectivity index (χ0n) is 8.48. The summed E-state index contributed by atoms with van der Waals surface area (Å²) in [5, 5.41) is 9.38. The third-order valence-electron chi connectivity index (χ3n) is 2.19. The molecular weight excluding hydrogens is 212 g/mol. The van der Waals surface area contributed by atoms with Gasteiger partial charge in [-0.05, 0) is 12.5 Å². The summed E-state index contributed by atoms with van der Waals surface area (Å²) in [6.45, 7) is 1.81. The van der Waals surface area contributed by atoms with Crippen molar-refractivity contribution in [3.8, 4) is 0 Å². The molecule has 0 saturated carbocycles. The van der Waals surface area contributed by atoms with Crippen LogP contribution in [0.25, 0.3) is 0 Å². The van der Waals surface area contributed by atoms with Gasteiger partial charge in [0.1, 0.15) is 0 Å². The van der Waals surface area contributed by atoms with Gasteiger partial charge in [0.05, 0.1) is 6.42 Å². The molecular formula is C12H13ClO2. The molecule has 0 aliphatic heterocycles. The first-order chi connectivity index (χ1) is 7.15. The lowest BCUT2D eigenvalue weighted by Gasteiger charge is -2.14. The second-order valence-corrected chi connectivity index (χ2v) is 3.67. The molecule has 0 radical (unpaired) electrons. The maximum Gasteiger partial charge on any atom is 0.304 e. The number of carboxylic acid groups (broad SMARTS) is 1. The Balaban J connectivity index is 2.96. The molecule has 0 saturated heterocycles. The Morgan fingerprint density at radius 1 is 1.47 bits per heavy atom. The normalized spacial score (nSPS) is 13.6. The van der Waals surface area contributed by atoms with Gasteiger partial charge in [-0.1, -0.05) is 48.0 Å². The summed E-state index contributed by atoms with van der Waals surface area (Å²) in [6, 6.07) is 9.43. The van der Waals surface area contributed by atoms with Crippen molar-refractivity contribution in [2.24, 2.45) is 0 Å². The Morgan fingerprint density at radius 2 is 2.07 bits per heavy atom. The maximum absolute atomic E-state index is 10.7. The first-order valence-corrected chi connectivity index (χ1v) is 5.11. The number of carbonyl (C=O) groups is 1. The van der Waals surface area contributed by atoms with Crippen LogP contribution in [0, 0.1) is 0 Å². The molecule has 0 aliphatic carbocycles. The van der Waals surface area contributed by atoms with Crippen molar-refractivity contribution in [1.29, 1.82) is 0 Å². The van der Waals surface area contributed by atoms with Crippen LogP contribution >= 0.6 is 11.6 Å². The summed E-state index contributed by atoms with van der Waals surface area (Å²) in [7, 11) is 0. The topological polar surface area (TPSA) is 37.3 Å². The summed E-state index contributed by atoms with van der Waals surface area (Å²) in [5.74, 6) is -1.08. The molecule has 1 unspecified atom stereocenters. The SMILES string of the molecule is C/C=C(\Cl)C(CC(=O)O)c1ccccc1. The standard InChI is InChI=1S/C12H13ClO2/c1-2-11(13)10(8-12(14)15)9-6-4-3-5-7-9/h2-7,10H,8H2,1H3,(H,14,15)/b11-2-. The highest BCUT2D eigenvalue weighted by atomic mass is 35.5. The van der Waals surface area contributed by atoms with Crippen molar-refractivity contribution in [2.75, 3.05) is 0 Å². The molecule has 1 aromatic rings. The zero-order chi connectivity index (χ0) is 11.3. The molecule has 1 aromatic carbocycles. The Labute approximate surface area is 94.2 Å². The number of rotatable bonds is 4. The third kappa shape index (κ3) is 3.40. The molecule has 1 atom stereocenters. The Morgan fingerprint density at radius 3 is 2.53 bits per heavy atom. The van der Waals surface area contributed by atoms with Crippen molar-refractivity contribution in [3.05, 3.63) is 47.0 Å². The van der Waals surface area contributed by atoms with E-state index in [4.69, 9.17) is 16.7 Å². The second kappa shape index (κ2) is 5.56. The fourth-order valence-electron chi connectivity index (χ4n) is 1.44. The van der Waals surface area contributed by atoms with Gasteiger partial charge in [0.2, 0.25) is 0 Å². The van der Waals surface area contributed by atoms with E-state index in [1.165, 1.54) is 0 Å². The Kier molecular flexibility index (Phi) is 4.37. The molecule has 2 nitrogen and oxygen atoms in total. The monoisotopic (exact) mass is 224 g/mol. The average Bonchev–Trinajstić information content (AvgIpc) is 2.26. The van der Waals surface area contributed by atoms with Crippen molar-refractivity contribution < 1.29 is 9.90 Å². The van der Waals surface area contributed by atoms with E-state index in [-0.39, 0.29) is 12.3 Å². The van der Waals surface area contributed by atoms with E-state index in [2.05, 4.69) is 0 Å². The smallest absolute Gasteiger partial charge is 0.304 e. The van der Waals surface area contributed by atoms with Crippen LogP contribution in [0.4, 0.5) is 0 Å². The van der Waals surface area contributed by atoms with Gasteiger partial charge in [-0.15, -0.1) is 0 Å². The van der Waals surface area contributed by atoms with Crippen molar-refractivity contribution in [2.45, 2.75) is 19.3 Å². The highest BCUT2D eigenvalue weighted by molar-refractivity contribution is 6.30. The fourth-order valence-corrected chi connectivity index (χ4v) is 1.64. The molecule has 0 bridgehead atoms. The molecule has 0 spiro atoms. The summed E-state index contributed by atoms with van der Waals surface area (Å²) in [5.41, 5.74) is 0.933. The summed E-state index contributed by atoms with van der Waals surface area (Å²) in [4.78, 5) is 10.7. The lowest BCUT2D eigenvalue weighted by Crippen LogP contribution is -2.06. The van der Waals surface area contributed by atoms with Gasteiger partial charge in [-0.3, -0.25) is 4.79 Å². The van der Waals surface area contributed by atoms with E-state index < -0.39 is 5.97 Å². The van der Waals surface area contributed by atoms with Crippen molar-refractivity contribution in [1.82, 2.24) is 0 Å². The van der Waals surface area contributed by atoms with Crippen LogP contribution in [-0.4, -0.2) is 11.1 Å². The van der Waals surface area contributed by atoms with Crippen LogP contribution in [0.15, 0.2) is 41.4 Å². The minimum atomic E-state index is -0.844. The average molecular weight is 225 g/mol. The first-order valence-electron chi connectivity index (χ1n) is 4.73. The predicted octanol–water partition coefficient (Wildman–Crippen LogP) is 3.39. The predicted molar refractivity (Wildman–Crippen MR) is 61.0 cm³/mol. The van der Waals surface area contributed by atoms with Crippen LogP contribution < -0.4 is 0 Å². The Hall–Kier alpha value is -1.28. The maximum atomic E-state index is 10.7. The van der Waals surface area contributed by atoms with Gasteiger partial charge in [0, 0.05) is 11.0 Å². The van der Waals surface area contributed by atoms with E-state index in [1.54, 1.807) is 13.0 Å². The summed E-state index contributed by atoms with van der Waals surface area (Å²) in [6.07, 6.45) is 1.76. The second-order valence-electron chi connectivity index (χ2n) is 3.23. The van der Waals surface area contributed by atoms with Gasteiger partial charge >= 0.3 is 5.97 Å². The molecule has 1 N–H and O–H groups in total. The van der Waals surface area contributed by atoms with Gasteiger partial charge in [0.25, 0.3) is 0 Å².